The maximum Gasteiger partial charge on any atom is 0.242 e. The van der Waals surface area contributed by atoms with Crippen LogP contribution in [0.15, 0.2) is 52.2 Å². The molecule has 0 spiro atoms. The van der Waals surface area contributed by atoms with Crippen LogP contribution in [0, 0.1) is 6.92 Å². The fourth-order valence-electron chi connectivity index (χ4n) is 3.31. The summed E-state index contributed by atoms with van der Waals surface area (Å²) in [6.45, 7) is 3.83. The van der Waals surface area contributed by atoms with Crippen LogP contribution in [-0.4, -0.2) is 21.6 Å². The highest BCUT2D eigenvalue weighted by molar-refractivity contribution is 6.30. The van der Waals surface area contributed by atoms with Crippen molar-refractivity contribution in [1.29, 1.82) is 0 Å². The van der Waals surface area contributed by atoms with Gasteiger partial charge in [-0.3, -0.25) is 4.79 Å². The van der Waals surface area contributed by atoms with E-state index in [1.165, 1.54) is 5.01 Å². The van der Waals surface area contributed by atoms with Gasteiger partial charge in [-0.1, -0.05) is 36.7 Å². The molecule has 26 heavy (non-hydrogen) atoms. The van der Waals surface area contributed by atoms with Crippen molar-refractivity contribution < 1.29 is 9.21 Å². The summed E-state index contributed by atoms with van der Waals surface area (Å²) in [5.41, 5.74) is 3.48. The molecule has 1 amide bonds. The highest BCUT2D eigenvalue weighted by atomic mass is 35.5. The van der Waals surface area contributed by atoms with Crippen molar-refractivity contribution in [2.24, 2.45) is 5.10 Å². The molecule has 5 nitrogen and oxygen atoms in total. The van der Waals surface area contributed by atoms with Gasteiger partial charge < -0.3 is 4.42 Å². The quantitative estimate of drug-likeness (QED) is 0.620. The largest absolute Gasteiger partial charge is 0.463 e. The van der Waals surface area contributed by atoms with Crippen LogP contribution in [-0.2, 0) is 4.79 Å². The van der Waals surface area contributed by atoms with E-state index in [9.17, 15) is 4.79 Å². The number of fused-ring (bicyclic) bond motifs is 1. The van der Waals surface area contributed by atoms with Crippen LogP contribution in [0.1, 0.15) is 42.7 Å². The molecule has 0 N–H and O–H groups in total. The number of carbonyl (C=O) groups excluding carboxylic acids is 1. The van der Waals surface area contributed by atoms with Gasteiger partial charge in [0.1, 0.15) is 16.6 Å². The molecule has 0 radical (unpaired) electrons. The van der Waals surface area contributed by atoms with Crippen molar-refractivity contribution in [3.05, 3.63) is 64.7 Å². The number of hydrogen-bond donors (Lipinski definition) is 0. The van der Waals surface area contributed by atoms with Crippen molar-refractivity contribution in [3.63, 3.8) is 0 Å². The number of benzene rings is 1. The topological polar surface area (TPSA) is 58.7 Å². The minimum Gasteiger partial charge on any atom is -0.463 e. The number of amides is 1. The Morgan fingerprint density at radius 3 is 2.92 bits per heavy atom. The number of para-hydroxylation sites is 1. The Morgan fingerprint density at radius 1 is 1.35 bits per heavy atom. The SMILES string of the molecule is CCC(=O)N1N=C(c2ccco2)CC1c1cc2cccc(C)c2nc1Cl. The summed E-state index contributed by atoms with van der Waals surface area (Å²) in [6.07, 6.45) is 2.51. The summed E-state index contributed by atoms with van der Waals surface area (Å²) in [7, 11) is 0. The molecule has 0 saturated heterocycles. The third-order valence-electron chi connectivity index (χ3n) is 4.66. The Balaban J connectivity index is 1.80. The van der Waals surface area contributed by atoms with E-state index in [0.29, 0.717) is 23.8 Å². The molecule has 3 aromatic rings. The Morgan fingerprint density at radius 2 is 2.19 bits per heavy atom. The minimum absolute atomic E-state index is 0.0584. The van der Waals surface area contributed by atoms with E-state index in [1.807, 2.05) is 50.2 Å². The molecule has 1 unspecified atom stereocenters. The second kappa shape index (κ2) is 6.57. The van der Waals surface area contributed by atoms with Crippen molar-refractivity contribution in [3.8, 4) is 0 Å². The molecule has 0 saturated carbocycles. The molecular weight excluding hydrogens is 350 g/mol. The average Bonchev–Trinajstić information content (AvgIpc) is 3.31. The van der Waals surface area contributed by atoms with Crippen molar-refractivity contribution >= 4 is 34.1 Å². The average molecular weight is 368 g/mol. The van der Waals surface area contributed by atoms with Gasteiger partial charge in [0.05, 0.1) is 17.8 Å². The monoisotopic (exact) mass is 367 g/mol. The van der Waals surface area contributed by atoms with E-state index in [2.05, 4.69) is 10.1 Å². The summed E-state index contributed by atoms with van der Waals surface area (Å²) < 4.78 is 5.46. The molecule has 1 atom stereocenters. The van der Waals surface area contributed by atoms with Crippen molar-refractivity contribution in [2.75, 3.05) is 0 Å². The van der Waals surface area contributed by atoms with Crippen LogP contribution < -0.4 is 0 Å². The first kappa shape index (κ1) is 16.8. The molecule has 2 aromatic heterocycles. The second-order valence-corrected chi connectivity index (χ2v) is 6.71. The number of furan rings is 1. The lowest BCUT2D eigenvalue weighted by molar-refractivity contribution is -0.132. The highest BCUT2D eigenvalue weighted by Gasteiger charge is 2.35. The lowest BCUT2D eigenvalue weighted by Crippen LogP contribution is -2.26. The first-order valence-electron chi connectivity index (χ1n) is 8.57. The van der Waals surface area contributed by atoms with Gasteiger partial charge in [-0.2, -0.15) is 5.10 Å². The highest BCUT2D eigenvalue weighted by Crippen LogP contribution is 2.37. The number of aromatic nitrogens is 1. The minimum atomic E-state index is -0.285. The van der Waals surface area contributed by atoms with Crippen LogP contribution in [0.5, 0.6) is 0 Å². The molecule has 4 rings (SSSR count). The summed E-state index contributed by atoms with van der Waals surface area (Å²) in [5.74, 6) is 0.610. The Hall–Kier alpha value is -2.66. The van der Waals surface area contributed by atoms with Crippen LogP contribution in [0.25, 0.3) is 10.9 Å². The van der Waals surface area contributed by atoms with Crippen molar-refractivity contribution in [2.45, 2.75) is 32.7 Å². The van der Waals surface area contributed by atoms with Gasteiger partial charge in [0.15, 0.2) is 0 Å². The van der Waals surface area contributed by atoms with E-state index < -0.39 is 0 Å². The van der Waals surface area contributed by atoms with Gasteiger partial charge in [0.2, 0.25) is 5.91 Å². The lowest BCUT2D eigenvalue weighted by atomic mass is 10.00. The normalized spacial score (nSPS) is 17.0. The molecule has 1 aromatic carbocycles. The molecule has 6 heteroatoms. The number of hydrazone groups is 1. The molecule has 3 heterocycles. The Kier molecular flexibility index (Phi) is 4.24. The van der Waals surface area contributed by atoms with E-state index >= 15 is 0 Å². The van der Waals surface area contributed by atoms with Gasteiger partial charge in [-0.05, 0) is 30.7 Å². The standard InChI is InChI=1S/C20H18ClN3O2/c1-3-18(25)24-16(11-15(23-24)17-8-5-9-26-17)14-10-13-7-4-6-12(2)19(13)22-20(14)21/h4-10,16H,3,11H2,1-2H3. The molecule has 1 aliphatic heterocycles. The second-order valence-electron chi connectivity index (χ2n) is 6.35. The lowest BCUT2D eigenvalue weighted by Gasteiger charge is -2.22. The first-order chi connectivity index (χ1) is 12.6. The zero-order valence-electron chi connectivity index (χ0n) is 14.6. The number of hydrogen-bond acceptors (Lipinski definition) is 4. The number of nitrogens with zero attached hydrogens (tertiary/aromatic N) is 3. The molecule has 1 aliphatic rings. The van der Waals surface area contributed by atoms with E-state index in [0.717, 1.165) is 27.7 Å². The smallest absolute Gasteiger partial charge is 0.242 e. The van der Waals surface area contributed by atoms with Gasteiger partial charge >= 0.3 is 0 Å². The third-order valence-corrected chi connectivity index (χ3v) is 4.96. The summed E-state index contributed by atoms with van der Waals surface area (Å²) >= 11 is 6.52. The third kappa shape index (κ3) is 2.78. The number of rotatable bonds is 3. The Labute approximate surface area is 156 Å². The van der Waals surface area contributed by atoms with Crippen molar-refractivity contribution in [1.82, 2.24) is 9.99 Å². The first-order valence-corrected chi connectivity index (χ1v) is 8.95. The number of carbonyl (C=O) groups is 1. The maximum atomic E-state index is 12.5. The number of aryl methyl sites for hydroxylation is 1. The van der Waals surface area contributed by atoms with E-state index in [1.54, 1.807) is 6.26 Å². The molecule has 0 aliphatic carbocycles. The zero-order chi connectivity index (χ0) is 18.3. The molecular formula is C20H18ClN3O2. The number of pyridine rings is 1. The predicted octanol–water partition coefficient (Wildman–Crippen LogP) is 4.88. The van der Waals surface area contributed by atoms with Crippen LogP contribution in [0.3, 0.4) is 0 Å². The molecule has 0 bridgehead atoms. The van der Waals surface area contributed by atoms with Gasteiger partial charge in [-0.25, -0.2) is 9.99 Å². The Bertz CT molecular complexity index is 1010. The predicted molar refractivity (Wildman–Crippen MR) is 101 cm³/mol. The fraction of sp³-hybridized carbons (Fsp3) is 0.250. The van der Waals surface area contributed by atoms with Crippen LogP contribution in [0.4, 0.5) is 0 Å². The molecule has 132 valence electrons. The maximum absolute atomic E-state index is 12.5. The van der Waals surface area contributed by atoms with Gasteiger partial charge in [-0.15, -0.1) is 0 Å². The van der Waals surface area contributed by atoms with E-state index in [-0.39, 0.29) is 11.9 Å². The summed E-state index contributed by atoms with van der Waals surface area (Å²) in [6, 6.07) is 11.4. The summed E-state index contributed by atoms with van der Waals surface area (Å²) in [4.78, 5) is 17.0. The van der Waals surface area contributed by atoms with Crippen LogP contribution in [0.2, 0.25) is 5.15 Å². The number of halogens is 1. The van der Waals surface area contributed by atoms with Crippen LogP contribution >= 0.6 is 11.6 Å². The fourth-order valence-corrected chi connectivity index (χ4v) is 3.58. The summed E-state index contributed by atoms with van der Waals surface area (Å²) in [5, 5.41) is 7.44. The van der Waals surface area contributed by atoms with Gasteiger partial charge in [0, 0.05) is 23.8 Å². The van der Waals surface area contributed by atoms with Gasteiger partial charge in [0.25, 0.3) is 0 Å². The van der Waals surface area contributed by atoms with E-state index in [4.69, 9.17) is 16.0 Å². The molecule has 0 fully saturated rings. The zero-order valence-corrected chi connectivity index (χ0v) is 15.3.